The Labute approximate surface area is 134 Å². The monoisotopic (exact) mass is 348 g/mol. The van der Waals surface area contributed by atoms with Crippen LogP contribution in [0.3, 0.4) is 0 Å². The minimum Gasteiger partial charge on any atom is -0.353 e. The third kappa shape index (κ3) is 10.2. The maximum Gasteiger partial charge on any atom is 0.157 e. The van der Waals surface area contributed by atoms with Gasteiger partial charge in [-0.2, -0.15) is 0 Å². The molecule has 0 aliphatic carbocycles. The van der Waals surface area contributed by atoms with Gasteiger partial charge in [0.1, 0.15) is 0 Å². The molecule has 3 heteroatoms. The highest BCUT2D eigenvalue weighted by atomic mass is 79.9. The molecule has 1 aliphatic heterocycles. The molecule has 1 saturated heterocycles. The van der Waals surface area contributed by atoms with Crippen molar-refractivity contribution >= 4 is 15.9 Å². The van der Waals surface area contributed by atoms with Gasteiger partial charge in [-0.05, 0) is 39.0 Å². The Morgan fingerprint density at radius 1 is 1.00 bits per heavy atom. The van der Waals surface area contributed by atoms with Crippen molar-refractivity contribution in [2.24, 2.45) is 0 Å². The van der Waals surface area contributed by atoms with Gasteiger partial charge in [-0.1, -0.05) is 60.9 Å². The molecule has 1 unspecified atom stereocenters. The van der Waals surface area contributed by atoms with E-state index in [0.717, 1.165) is 18.4 Å². The third-order valence-electron chi connectivity index (χ3n) is 4.02. The summed E-state index contributed by atoms with van der Waals surface area (Å²) in [5.41, 5.74) is 0. The van der Waals surface area contributed by atoms with E-state index in [9.17, 15) is 0 Å². The largest absolute Gasteiger partial charge is 0.353 e. The molecule has 1 heterocycles. The van der Waals surface area contributed by atoms with Gasteiger partial charge in [0.2, 0.25) is 0 Å². The summed E-state index contributed by atoms with van der Waals surface area (Å²) in [5.74, 6) is 0. The lowest BCUT2D eigenvalue weighted by molar-refractivity contribution is -0.185. The number of rotatable bonds is 12. The smallest absolute Gasteiger partial charge is 0.157 e. The first-order valence-corrected chi connectivity index (χ1v) is 9.78. The molecule has 0 radical (unpaired) electrons. The molecule has 1 fully saturated rings. The second-order valence-electron chi connectivity index (χ2n) is 6.05. The quantitative estimate of drug-likeness (QED) is 0.326. The molecule has 0 aromatic carbocycles. The van der Waals surface area contributed by atoms with Crippen LogP contribution in [0.2, 0.25) is 0 Å². The van der Waals surface area contributed by atoms with Gasteiger partial charge in [-0.15, -0.1) is 0 Å². The Morgan fingerprint density at radius 2 is 1.65 bits per heavy atom. The number of unbranched alkanes of at least 4 members (excludes halogenated alkanes) is 7. The normalized spacial score (nSPS) is 21.0. The lowest BCUT2D eigenvalue weighted by Gasteiger charge is -2.26. The second kappa shape index (κ2) is 13.1. The zero-order valence-corrected chi connectivity index (χ0v) is 14.8. The molecule has 0 saturated carbocycles. The lowest BCUT2D eigenvalue weighted by atomic mass is 10.1. The molecule has 1 rings (SSSR count). The molecule has 0 N–H and O–H groups in total. The van der Waals surface area contributed by atoms with Crippen molar-refractivity contribution in [1.82, 2.24) is 0 Å². The fourth-order valence-corrected chi connectivity index (χ4v) is 3.13. The summed E-state index contributed by atoms with van der Waals surface area (Å²) in [6, 6.07) is 0. The minimum absolute atomic E-state index is 0.0770. The van der Waals surface area contributed by atoms with Gasteiger partial charge >= 0.3 is 0 Å². The Morgan fingerprint density at radius 3 is 2.25 bits per heavy atom. The van der Waals surface area contributed by atoms with Crippen LogP contribution >= 0.6 is 15.9 Å². The highest BCUT2D eigenvalue weighted by Crippen LogP contribution is 2.18. The molecule has 0 amide bonds. The van der Waals surface area contributed by atoms with Crippen LogP contribution in [0.5, 0.6) is 0 Å². The molecular formula is C17H33BrO2. The van der Waals surface area contributed by atoms with Crippen LogP contribution in [0.25, 0.3) is 0 Å². The van der Waals surface area contributed by atoms with Crippen LogP contribution < -0.4 is 0 Å². The van der Waals surface area contributed by atoms with E-state index in [4.69, 9.17) is 9.47 Å². The first kappa shape index (κ1) is 18.4. The molecule has 1 aliphatic rings. The van der Waals surface area contributed by atoms with E-state index >= 15 is 0 Å². The summed E-state index contributed by atoms with van der Waals surface area (Å²) in [4.78, 5) is 0. The predicted molar refractivity (Wildman–Crippen MR) is 89.5 cm³/mol. The summed E-state index contributed by atoms with van der Waals surface area (Å²) < 4.78 is 11.6. The van der Waals surface area contributed by atoms with E-state index in [-0.39, 0.29) is 6.29 Å². The molecule has 0 aromatic rings. The summed E-state index contributed by atoms with van der Waals surface area (Å²) >= 11 is 3.48. The molecule has 0 spiro atoms. The van der Waals surface area contributed by atoms with Crippen molar-refractivity contribution in [2.45, 2.75) is 96.4 Å². The zero-order chi connectivity index (χ0) is 14.5. The Hall–Kier alpha value is 0.400. The Balaban J connectivity index is 1.83. The van der Waals surface area contributed by atoms with E-state index < -0.39 is 0 Å². The molecule has 2 nitrogen and oxygen atoms in total. The summed E-state index contributed by atoms with van der Waals surface area (Å²) in [6.07, 6.45) is 16.1. The Bertz CT molecular complexity index is 205. The lowest BCUT2D eigenvalue weighted by Crippen LogP contribution is -2.26. The molecule has 120 valence electrons. The van der Waals surface area contributed by atoms with Crippen molar-refractivity contribution in [1.29, 1.82) is 0 Å². The summed E-state index contributed by atoms with van der Waals surface area (Å²) in [7, 11) is 0. The van der Waals surface area contributed by atoms with Crippen LogP contribution in [0.4, 0.5) is 0 Å². The van der Waals surface area contributed by atoms with Gasteiger partial charge in [0, 0.05) is 11.9 Å². The summed E-state index contributed by atoms with van der Waals surface area (Å²) in [5, 5.41) is 1.16. The van der Waals surface area contributed by atoms with Crippen molar-refractivity contribution in [3.05, 3.63) is 0 Å². The first-order valence-electron chi connectivity index (χ1n) is 8.66. The Kier molecular flexibility index (Phi) is 12.1. The van der Waals surface area contributed by atoms with Gasteiger partial charge in [0.15, 0.2) is 6.29 Å². The fraction of sp³-hybridized carbons (Fsp3) is 1.00. The van der Waals surface area contributed by atoms with Crippen molar-refractivity contribution in [3.63, 3.8) is 0 Å². The van der Waals surface area contributed by atoms with Gasteiger partial charge in [0.25, 0.3) is 0 Å². The van der Waals surface area contributed by atoms with Gasteiger partial charge in [0.05, 0.1) is 6.10 Å². The van der Waals surface area contributed by atoms with Crippen LogP contribution in [0.1, 0.15) is 84.0 Å². The number of alkyl halides is 1. The van der Waals surface area contributed by atoms with E-state index in [0.29, 0.717) is 6.10 Å². The minimum atomic E-state index is 0.0770. The SMILES string of the molecule is C[C@H](CCCCCCCCCCBr)OC1CCCCO1. The molecule has 0 bridgehead atoms. The standard InChI is InChI=1S/C17H33BrO2/c1-16(20-17-13-9-11-15-19-17)12-8-6-4-2-3-5-7-10-14-18/h16-17H,2-15H2,1H3/t16-,17?/m1/s1. The topological polar surface area (TPSA) is 18.5 Å². The van der Waals surface area contributed by atoms with Crippen LogP contribution in [-0.4, -0.2) is 24.3 Å². The van der Waals surface area contributed by atoms with Crippen LogP contribution in [0.15, 0.2) is 0 Å². The molecule has 0 aromatic heterocycles. The average Bonchev–Trinajstić information content (AvgIpc) is 2.46. The molecular weight excluding hydrogens is 316 g/mol. The van der Waals surface area contributed by atoms with Crippen LogP contribution in [0, 0.1) is 0 Å². The summed E-state index contributed by atoms with van der Waals surface area (Å²) in [6.45, 7) is 3.07. The van der Waals surface area contributed by atoms with Crippen LogP contribution in [-0.2, 0) is 9.47 Å². The number of hydrogen-bond donors (Lipinski definition) is 0. The number of hydrogen-bond acceptors (Lipinski definition) is 2. The predicted octanol–water partition coefficient (Wildman–Crippen LogP) is 5.82. The average molecular weight is 349 g/mol. The van der Waals surface area contributed by atoms with E-state index in [2.05, 4.69) is 22.9 Å². The zero-order valence-electron chi connectivity index (χ0n) is 13.2. The maximum absolute atomic E-state index is 5.94. The van der Waals surface area contributed by atoms with E-state index in [1.807, 2.05) is 0 Å². The highest BCUT2D eigenvalue weighted by molar-refractivity contribution is 9.09. The van der Waals surface area contributed by atoms with Gasteiger partial charge < -0.3 is 9.47 Å². The van der Waals surface area contributed by atoms with Crippen molar-refractivity contribution in [2.75, 3.05) is 11.9 Å². The van der Waals surface area contributed by atoms with Crippen molar-refractivity contribution in [3.8, 4) is 0 Å². The van der Waals surface area contributed by atoms with E-state index in [1.54, 1.807) is 0 Å². The highest BCUT2D eigenvalue weighted by Gasteiger charge is 2.16. The van der Waals surface area contributed by atoms with Gasteiger partial charge in [-0.3, -0.25) is 0 Å². The first-order chi connectivity index (χ1) is 9.83. The van der Waals surface area contributed by atoms with Crippen molar-refractivity contribution < 1.29 is 9.47 Å². The number of halogens is 1. The number of ether oxygens (including phenoxy) is 2. The molecule has 20 heavy (non-hydrogen) atoms. The molecule has 2 atom stereocenters. The second-order valence-corrected chi connectivity index (χ2v) is 6.84. The maximum atomic E-state index is 5.94. The van der Waals surface area contributed by atoms with Gasteiger partial charge in [-0.25, -0.2) is 0 Å². The van der Waals surface area contributed by atoms with E-state index in [1.165, 1.54) is 70.6 Å². The third-order valence-corrected chi connectivity index (χ3v) is 4.58. The fourth-order valence-electron chi connectivity index (χ4n) is 2.73.